The Kier molecular flexibility index (Phi) is 4.39. The lowest BCUT2D eigenvalue weighted by Gasteiger charge is -2.19. The van der Waals surface area contributed by atoms with E-state index in [4.69, 9.17) is 16.3 Å². The van der Waals surface area contributed by atoms with Gasteiger partial charge in [-0.1, -0.05) is 27.5 Å². The van der Waals surface area contributed by atoms with Crippen molar-refractivity contribution in [2.24, 2.45) is 0 Å². The monoisotopic (exact) mass is 304 g/mol. The number of hydrogen-bond donors (Lipinski definition) is 0. The fourth-order valence-electron chi connectivity index (χ4n) is 1.21. The van der Waals surface area contributed by atoms with E-state index in [1.807, 2.05) is 32.9 Å². The standard InChI is InChI=1S/C12H14BrClO2/c1-12(2,3)16-11(15)7-8-6-9(13)4-5-10(8)14/h4-6H,7H2,1-3H3. The quantitative estimate of drug-likeness (QED) is 0.772. The van der Waals surface area contributed by atoms with E-state index in [1.54, 1.807) is 6.07 Å². The van der Waals surface area contributed by atoms with Crippen molar-refractivity contribution in [1.29, 1.82) is 0 Å². The van der Waals surface area contributed by atoms with Gasteiger partial charge in [-0.3, -0.25) is 4.79 Å². The Morgan fingerprint density at radius 1 is 1.44 bits per heavy atom. The van der Waals surface area contributed by atoms with Gasteiger partial charge in [-0.25, -0.2) is 0 Å². The molecule has 0 atom stereocenters. The van der Waals surface area contributed by atoms with Gasteiger partial charge in [0.1, 0.15) is 5.60 Å². The number of benzene rings is 1. The van der Waals surface area contributed by atoms with Gasteiger partial charge in [0.25, 0.3) is 0 Å². The minimum absolute atomic E-state index is 0.190. The maximum absolute atomic E-state index is 11.6. The van der Waals surface area contributed by atoms with Crippen molar-refractivity contribution in [3.8, 4) is 0 Å². The summed E-state index contributed by atoms with van der Waals surface area (Å²) in [6.45, 7) is 5.52. The lowest BCUT2D eigenvalue weighted by Crippen LogP contribution is -2.24. The normalized spacial score (nSPS) is 11.3. The van der Waals surface area contributed by atoms with Gasteiger partial charge in [0, 0.05) is 9.50 Å². The summed E-state index contributed by atoms with van der Waals surface area (Å²) >= 11 is 9.32. The van der Waals surface area contributed by atoms with E-state index in [1.165, 1.54) is 0 Å². The number of esters is 1. The van der Waals surface area contributed by atoms with E-state index >= 15 is 0 Å². The van der Waals surface area contributed by atoms with Crippen molar-refractivity contribution in [2.75, 3.05) is 0 Å². The number of rotatable bonds is 2. The lowest BCUT2D eigenvalue weighted by molar-refractivity contribution is -0.153. The van der Waals surface area contributed by atoms with Crippen LogP contribution < -0.4 is 0 Å². The van der Waals surface area contributed by atoms with Gasteiger partial charge in [-0.2, -0.15) is 0 Å². The molecule has 0 heterocycles. The van der Waals surface area contributed by atoms with Gasteiger partial charge in [0.2, 0.25) is 0 Å². The minimum atomic E-state index is -0.463. The molecule has 1 rings (SSSR count). The van der Waals surface area contributed by atoms with Crippen LogP contribution in [-0.4, -0.2) is 11.6 Å². The summed E-state index contributed by atoms with van der Waals surface area (Å²) in [5.41, 5.74) is 0.306. The predicted octanol–water partition coefficient (Wildman–Crippen LogP) is 3.99. The molecule has 88 valence electrons. The summed E-state index contributed by atoms with van der Waals surface area (Å²) in [5, 5.41) is 0.578. The van der Waals surface area contributed by atoms with Crippen LogP contribution in [0.25, 0.3) is 0 Å². The molecule has 0 aliphatic carbocycles. The molecule has 1 aromatic carbocycles. The highest BCUT2D eigenvalue weighted by Gasteiger charge is 2.17. The highest BCUT2D eigenvalue weighted by Crippen LogP contribution is 2.22. The lowest BCUT2D eigenvalue weighted by atomic mass is 10.1. The Hall–Kier alpha value is -0.540. The zero-order chi connectivity index (χ0) is 12.3. The fourth-order valence-corrected chi connectivity index (χ4v) is 1.80. The van der Waals surface area contributed by atoms with Crippen LogP contribution in [-0.2, 0) is 16.0 Å². The van der Waals surface area contributed by atoms with Crippen molar-refractivity contribution >= 4 is 33.5 Å². The van der Waals surface area contributed by atoms with Crippen LogP contribution in [0.3, 0.4) is 0 Å². The summed E-state index contributed by atoms with van der Waals surface area (Å²) in [7, 11) is 0. The Morgan fingerprint density at radius 3 is 2.62 bits per heavy atom. The number of carbonyl (C=O) groups excluding carboxylic acids is 1. The number of carbonyl (C=O) groups is 1. The third-order valence-corrected chi connectivity index (χ3v) is 2.62. The van der Waals surface area contributed by atoms with Crippen molar-refractivity contribution < 1.29 is 9.53 Å². The zero-order valence-corrected chi connectivity index (χ0v) is 11.9. The van der Waals surface area contributed by atoms with Gasteiger partial charge in [-0.15, -0.1) is 0 Å². The van der Waals surface area contributed by atoms with Gasteiger partial charge in [0.15, 0.2) is 0 Å². The van der Waals surface area contributed by atoms with Crippen molar-refractivity contribution in [2.45, 2.75) is 32.8 Å². The summed E-state index contributed by atoms with van der Waals surface area (Å²) in [6.07, 6.45) is 0.190. The highest BCUT2D eigenvalue weighted by molar-refractivity contribution is 9.10. The van der Waals surface area contributed by atoms with Crippen molar-refractivity contribution in [3.63, 3.8) is 0 Å². The molecule has 0 aliphatic rings. The van der Waals surface area contributed by atoms with Crippen LogP contribution in [0.2, 0.25) is 5.02 Å². The molecule has 1 aromatic rings. The molecule has 0 saturated carbocycles. The zero-order valence-electron chi connectivity index (χ0n) is 9.51. The summed E-state index contributed by atoms with van der Waals surface area (Å²) in [4.78, 5) is 11.6. The molecular formula is C12H14BrClO2. The molecule has 0 fully saturated rings. The highest BCUT2D eigenvalue weighted by atomic mass is 79.9. The number of ether oxygens (including phenoxy) is 1. The molecule has 16 heavy (non-hydrogen) atoms. The molecule has 0 radical (unpaired) electrons. The third kappa shape index (κ3) is 4.54. The van der Waals surface area contributed by atoms with Crippen LogP contribution in [0.15, 0.2) is 22.7 Å². The topological polar surface area (TPSA) is 26.3 Å². The Balaban J connectivity index is 2.73. The largest absolute Gasteiger partial charge is 0.460 e. The maximum Gasteiger partial charge on any atom is 0.310 e. The average Bonchev–Trinajstić information content (AvgIpc) is 2.08. The van der Waals surface area contributed by atoms with Crippen LogP contribution in [0.4, 0.5) is 0 Å². The van der Waals surface area contributed by atoms with Crippen LogP contribution >= 0.6 is 27.5 Å². The maximum atomic E-state index is 11.6. The molecule has 0 aliphatic heterocycles. The number of halogens is 2. The Morgan fingerprint density at radius 2 is 2.06 bits per heavy atom. The molecule has 0 aromatic heterocycles. The second-order valence-corrected chi connectivity index (χ2v) is 5.82. The first-order valence-corrected chi connectivity index (χ1v) is 6.11. The summed E-state index contributed by atoms with van der Waals surface area (Å²) < 4.78 is 6.12. The fraction of sp³-hybridized carbons (Fsp3) is 0.417. The van der Waals surface area contributed by atoms with E-state index < -0.39 is 5.60 Å². The van der Waals surface area contributed by atoms with E-state index in [9.17, 15) is 4.79 Å². The molecular weight excluding hydrogens is 291 g/mol. The third-order valence-electron chi connectivity index (χ3n) is 1.76. The molecule has 0 bridgehead atoms. The van der Waals surface area contributed by atoms with Crippen molar-refractivity contribution in [1.82, 2.24) is 0 Å². The van der Waals surface area contributed by atoms with Crippen LogP contribution in [0.1, 0.15) is 26.3 Å². The van der Waals surface area contributed by atoms with E-state index in [0.717, 1.165) is 10.0 Å². The molecule has 0 spiro atoms. The van der Waals surface area contributed by atoms with Gasteiger partial charge < -0.3 is 4.74 Å². The number of hydrogen-bond acceptors (Lipinski definition) is 2. The van der Waals surface area contributed by atoms with Crippen molar-refractivity contribution in [3.05, 3.63) is 33.3 Å². The SMILES string of the molecule is CC(C)(C)OC(=O)Cc1cc(Br)ccc1Cl. The summed E-state index contributed by atoms with van der Waals surface area (Å²) in [6, 6.07) is 5.42. The first-order chi connectivity index (χ1) is 7.28. The van der Waals surface area contributed by atoms with Gasteiger partial charge in [0.05, 0.1) is 6.42 Å². The molecule has 0 saturated heterocycles. The molecule has 0 amide bonds. The first kappa shape index (κ1) is 13.5. The second kappa shape index (κ2) is 5.19. The molecule has 0 N–H and O–H groups in total. The smallest absolute Gasteiger partial charge is 0.310 e. The average molecular weight is 306 g/mol. The molecule has 0 unspecified atom stereocenters. The Labute approximate surface area is 109 Å². The molecule has 2 nitrogen and oxygen atoms in total. The minimum Gasteiger partial charge on any atom is -0.460 e. The first-order valence-electron chi connectivity index (χ1n) is 4.94. The van der Waals surface area contributed by atoms with Crippen LogP contribution in [0.5, 0.6) is 0 Å². The van der Waals surface area contributed by atoms with Gasteiger partial charge >= 0.3 is 5.97 Å². The van der Waals surface area contributed by atoms with E-state index in [2.05, 4.69) is 15.9 Å². The Bertz CT molecular complexity index is 396. The van der Waals surface area contributed by atoms with Crippen LogP contribution in [0, 0.1) is 0 Å². The summed E-state index contributed by atoms with van der Waals surface area (Å²) in [5.74, 6) is -0.271. The second-order valence-electron chi connectivity index (χ2n) is 4.50. The van der Waals surface area contributed by atoms with Gasteiger partial charge in [-0.05, 0) is 44.5 Å². The predicted molar refractivity (Wildman–Crippen MR) is 68.7 cm³/mol. The van der Waals surface area contributed by atoms with E-state index in [0.29, 0.717) is 5.02 Å². The van der Waals surface area contributed by atoms with E-state index in [-0.39, 0.29) is 12.4 Å². The molecule has 4 heteroatoms.